The highest BCUT2D eigenvalue weighted by atomic mass is 16.7. The van der Waals surface area contributed by atoms with Gasteiger partial charge in [-0.05, 0) is 61.6 Å². The van der Waals surface area contributed by atoms with Crippen LogP contribution in [0.5, 0.6) is 34.5 Å². The summed E-state index contributed by atoms with van der Waals surface area (Å²) in [6.07, 6.45) is 2.91. The van der Waals surface area contributed by atoms with Crippen molar-refractivity contribution in [3.05, 3.63) is 35.4 Å². The molecule has 0 aromatic heterocycles. The molecule has 7 heteroatoms. The molecule has 3 rings (SSSR count). The van der Waals surface area contributed by atoms with Crippen LogP contribution in [0.25, 0.3) is 0 Å². The Bertz CT molecular complexity index is 844. The Balaban J connectivity index is 1.92. The molecule has 30 heavy (non-hydrogen) atoms. The van der Waals surface area contributed by atoms with Crippen LogP contribution in [0.3, 0.4) is 0 Å². The van der Waals surface area contributed by atoms with Crippen molar-refractivity contribution in [3.63, 3.8) is 0 Å². The predicted molar refractivity (Wildman–Crippen MR) is 112 cm³/mol. The highest BCUT2D eigenvalue weighted by Crippen LogP contribution is 2.45. The maximum absolute atomic E-state index is 6.22. The first-order valence-corrected chi connectivity index (χ1v) is 9.98. The van der Waals surface area contributed by atoms with E-state index in [1.165, 1.54) is 0 Å². The molecule has 0 radical (unpaired) electrons. The quantitative estimate of drug-likeness (QED) is 0.576. The summed E-state index contributed by atoms with van der Waals surface area (Å²) in [5.41, 5.74) is 1.86. The summed E-state index contributed by atoms with van der Waals surface area (Å²) in [4.78, 5) is 0. The van der Waals surface area contributed by atoms with E-state index in [0.717, 1.165) is 37.0 Å². The zero-order valence-corrected chi connectivity index (χ0v) is 18.3. The molecule has 0 bridgehead atoms. The van der Waals surface area contributed by atoms with Crippen LogP contribution < -0.4 is 23.7 Å². The number of aryl methyl sites for hydroxylation is 1. The second kappa shape index (κ2) is 10.4. The third kappa shape index (κ3) is 5.09. The molecule has 0 aliphatic carbocycles. The van der Waals surface area contributed by atoms with Crippen LogP contribution in [-0.4, -0.2) is 41.3 Å². The van der Waals surface area contributed by atoms with Gasteiger partial charge in [-0.1, -0.05) is 0 Å². The SMILES string of the molecule is COc1cc(C)cc(Oc2cc(COC3CCCCO3)cc(OC)c2OC)c1OC. The molecule has 1 unspecified atom stereocenters. The predicted octanol–water partition coefficient (Wildman–Crippen LogP) is 4.86. The fraction of sp³-hybridized carbons (Fsp3) is 0.478. The standard InChI is InChI=1S/C23H30O7/c1-15-10-17(24-2)22(26-4)19(11-15)30-20-13-16(12-18(25-3)23(20)27-5)14-29-21-8-6-7-9-28-21/h10-13,21H,6-9,14H2,1-5H3. The summed E-state index contributed by atoms with van der Waals surface area (Å²) >= 11 is 0. The van der Waals surface area contributed by atoms with Crippen molar-refractivity contribution in [3.8, 4) is 34.5 Å². The van der Waals surface area contributed by atoms with Crippen molar-refractivity contribution in [2.24, 2.45) is 0 Å². The molecule has 0 amide bonds. The minimum Gasteiger partial charge on any atom is -0.493 e. The molecule has 2 aromatic carbocycles. The van der Waals surface area contributed by atoms with Gasteiger partial charge in [0, 0.05) is 6.61 Å². The van der Waals surface area contributed by atoms with Gasteiger partial charge < -0.3 is 33.2 Å². The number of rotatable bonds is 9. The van der Waals surface area contributed by atoms with E-state index >= 15 is 0 Å². The first-order chi connectivity index (χ1) is 14.6. The zero-order chi connectivity index (χ0) is 21.5. The number of ether oxygens (including phenoxy) is 7. The average Bonchev–Trinajstić information content (AvgIpc) is 2.77. The maximum Gasteiger partial charge on any atom is 0.203 e. The van der Waals surface area contributed by atoms with Crippen LogP contribution in [0.2, 0.25) is 0 Å². The molecule has 0 saturated carbocycles. The first kappa shape index (κ1) is 22.1. The van der Waals surface area contributed by atoms with E-state index in [4.69, 9.17) is 33.2 Å². The lowest BCUT2D eigenvalue weighted by molar-refractivity contribution is -0.168. The minimum absolute atomic E-state index is 0.183. The maximum atomic E-state index is 6.22. The molecule has 1 saturated heterocycles. The van der Waals surface area contributed by atoms with Gasteiger partial charge >= 0.3 is 0 Å². The van der Waals surface area contributed by atoms with E-state index in [2.05, 4.69) is 0 Å². The molecule has 164 valence electrons. The van der Waals surface area contributed by atoms with Crippen molar-refractivity contribution < 1.29 is 33.2 Å². The van der Waals surface area contributed by atoms with Gasteiger partial charge in [-0.25, -0.2) is 0 Å². The van der Waals surface area contributed by atoms with Crippen molar-refractivity contribution in [1.29, 1.82) is 0 Å². The van der Waals surface area contributed by atoms with E-state index in [1.807, 2.05) is 31.2 Å². The molecule has 7 nitrogen and oxygen atoms in total. The largest absolute Gasteiger partial charge is 0.493 e. The van der Waals surface area contributed by atoms with Gasteiger partial charge in [0.15, 0.2) is 29.3 Å². The van der Waals surface area contributed by atoms with Gasteiger partial charge in [0.05, 0.1) is 35.0 Å². The van der Waals surface area contributed by atoms with Gasteiger partial charge in [0.2, 0.25) is 11.5 Å². The zero-order valence-electron chi connectivity index (χ0n) is 18.3. The van der Waals surface area contributed by atoms with Crippen molar-refractivity contribution in [1.82, 2.24) is 0 Å². The second-order valence-electron chi connectivity index (χ2n) is 7.04. The molecule has 1 aliphatic rings. The van der Waals surface area contributed by atoms with Crippen LogP contribution in [0.4, 0.5) is 0 Å². The fourth-order valence-corrected chi connectivity index (χ4v) is 3.43. The molecule has 1 atom stereocenters. The molecular weight excluding hydrogens is 388 g/mol. The average molecular weight is 418 g/mol. The lowest BCUT2D eigenvalue weighted by Gasteiger charge is -2.23. The number of hydrogen-bond donors (Lipinski definition) is 0. The fourth-order valence-electron chi connectivity index (χ4n) is 3.43. The summed E-state index contributed by atoms with van der Waals surface area (Å²) in [7, 11) is 6.33. The number of methoxy groups -OCH3 is 4. The highest BCUT2D eigenvalue weighted by molar-refractivity contribution is 5.59. The van der Waals surface area contributed by atoms with Crippen LogP contribution >= 0.6 is 0 Å². The molecule has 1 heterocycles. The Labute approximate surface area is 177 Å². The third-order valence-corrected chi connectivity index (χ3v) is 4.89. The molecule has 0 spiro atoms. The Morgan fingerprint density at radius 2 is 1.40 bits per heavy atom. The van der Waals surface area contributed by atoms with Crippen LogP contribution in [-0.2, 0) is 16.1 Å². The van der Waals surface area contributed by atoms with Gasteiger partial charge in [-0.15, -0.1) is 0 Å². The molecular formula is C23H30O7. The topological polar surface area (TPSA) is 64.6 Å². The number of benzene rings is 2. The lowest BCUT2D eigenvalue weighted by atomic mass is 10.1. The minimum atomic E-state index is -0.183. The summed E-state index contributed by atoms with van der Waals surface area (Å²) in [5.74, 6) is 3.14. The Hall–Kier alpha value is -2.64. The van der Waals surface area contributed by atoms with Gasteiger partial charge in [0.25, 0.3) is 0 Å². The van der Waals surface area contributed by atoms with Crippen LogP contribution in [0.15, 0.2) is 24.3 Å². The summed E-state index contributed by atoms with van der Waals surface area (Å²) in [5, 5.41) is 0. The van der Waals surface area contributed by atoms with Gasteiger partial charge in [-0.3, -0.25) is 0 Å². The number of hydrogen-bond acceptors (Lipinski definition) is 7. The Kier molecular flexibility index (Phi) is 7.65. The molecule has 1 aliphatic heterocycles. The van der Waals surface area contributed by atoms with Gasteiger partial charge in [0.1, 0.15) is 0 Å². The Morgan fingerprint density at radius 3 is 2.00 bits per heavy atom. The Morgan fingerprint density at radius 1 is 0.800 bits per heavy atom. The second-order valence-corrected chi connectivity index (χ2v) is 7.04. The highest BCUT2D eigenvalue weighted by Gasteiger charge is 2.20. The molecule has 0 N–H and O–H groups in total. The van der Waals surface area contributed by atoms with Crippen molar-refractivity contribution in [2.45, 2.75) is 39.1 Å². The van der Waals surface area contributed by atoms with E-state index in [9.17, 15) is 0 Å². The van der Waals surface area contributed by atoms with Crippen molar-refractivity contribution in [2.75, 3.05) is 35.0 Å². The van der Waals surface area contributed by atoms with E-state index < -0.39 is 0 Å². The monoisotopic (exact) mass is 418 g/mol. The molecule has 2 aromatic rings. The normalized spacial score (nSPS) is 16.1. The van der Waals surface area contributed by atoms with Gasteiger partial charge in [-0.2, -0.15) is 0 Å². The smallest absolute Gasteiger partial charge is 0.203 e. The lowest BCUT2D eigenvalue weighted by Crippen LogP contribution is -2.22. The van der Waals surface area contributed by atoms with Crippen LogP contribution in [0, 0.1) is 6.92 Å². The van der Waals surface area contributed by atoms with E-state index in [-0.39, 0.29) is 6.29 Å². The first-order valence-electron chi connectivity index (χ1n) is 9.98. The van der Waals surface area contributed by atoms with Crippen molar-refractivity contribution >= 4 is 0 Å². The third-order valence-electron chi connectivity index (χ3n) is 4.89. The summed E-state index contributed by atoms with van der Waals surface area (Å²) < 4.78 is 39.8. The molecule has 1 fully saturated rings. The van der Waals surface area contributed by atoms with Crippen LogP contribution in [0.1, 0.15) is 30.4 Å². The summed E-state index contributed by atoms with van der Waals surface area (Å²) in [6, 6.07) is 7.52. The summed E-state index contributed by atoms with van der Waals surface area (Å²) in [6.45, 7) is 3.07. The van der Waals surface area contributed by atoms with E-state index in [1.54, 1.807) is 28.4 Å². The van der Waals surface area contributed by atoms with E-state index in [0.29, 0.717) is 41.1 Å².